The van der Waals surface area contributed by atoms with Gasteiger partial charge in [0, 0.05) is 11.5 Å². The Morgan fingerprint density at radius 2 is 1.54 bits per heavy atom. The first-order chi connectivity index (χ1) is 13.4. The first-order valence-electron chi connectivity index (χ1n) is 11.1. The number of phenols is 2. The van der Waals surface area contributed by atoms with Crippen LogP contribution >= 0.6 is 0 Å². The highest BCUT2D eigenvalue weighted by Gasteiger charge is 2.24. The summed E-state index contributed by atoms with van der Waals surface area (Å²) in [5.41, 5.74) is 6.78. The minimum Gasteiger partial charge on any atom is -0.508 e. The van der Waals surface area contributed by atoms with E-state index >= 15 is 0 Å². The summed E-state index contributed by atoms with van der Waals surface area (Å²) in [5, 5.41) is 21.4. The molecule has 0 aromatic heterocycles. The minimum atomic E-state index is 0.115. The SMILES string of the molecule is CCCCc1cc(C)c(O)c(C(CCC)c2c(CCCC)ccc(O)c2C)c1. The summed E-state index contributed by atoms with van der Waals surface area (Å²) >= 11 is 0. The van der Waals surface area contributed by atoms with Crippen LogP contribution in [-0.2, 0) is 12.8 Å². The monoisotopic (exact) mass is 382 g/mol. The lowest BCUT2D eigenvalue weighted by atomic mass is 9.79. The molecule has 0 heterocycles. The van der Waals surface area contributed by atoms with Gasteiger partial charge < -0.3 is 10.2 Å². The third-order valence-electron chi connectivity index (χ3n) is 5.89. The van der Waals surface area contributed by atoms with Crippen molar-refractivity contribution in [2.75, 3.05) is 0 Å². The maximum absolute atomic E-state index is 11.0. The van der Waals surface area contributed by atoms with E-state index in [9.17, 15) is 10.2 Å². The van der Waals surface area contributed by atoms with Gasteiger partial charge in [0.1, 0.15) is 11.5 Å². The fraction of sp³-hybridized carbons (Fsp3) is 0.538. The number of benzene rings is 2. The molecule has 0 amide bonds. The predicted molar refractivity (Wildman–Crippen MR) is 120 cm³/mol. The molecule has 0 aliphatic carbocycles. The summed E-state index contributed by atoms with van der Waals surface area (Å²) in [5.74, 6) is 0.891. The quantitative estimate of drug-likeness (QED) is 0.451. The number of aromatic hydroxyl groups is 2. The number of unbranched alkanes of at least 4 members (excludes halogenated alkanes) is 2. The Labute approximate surface area is 171 Å². The zero-order valence-corrected chi connectivity index (χ0v) is 18.4. The molecule has 28 heavy (non-hydrogen) atoms. The average Bonchev–Trinajstić information content (AvgIpc) is 2.68. The van der Waals surface area contributed by atoms with Gasteiger partial charge in [-0.3, -0.25) is 0 Å². The molecular weight excluding hydrogens is 344 g/mol. The Morgan fingerprint density at radius 1 is 0.857 bits per heavy atom. The van der Waals surface area contributed by atoms with E-state index in [4.69, 9.17) is 0 Å². The molecule has 0 aliphatic heterocycles. The summed E-state index contributed by atoms with van der Waals surface area (Å²) in [6.07, 6.45) is 8.67. The van der Waals surface area contributed by atoms with E-state index in [-0.39, 0.29) is 5.92 Å². The molecule has 2 rings (SSSR count). The fourth-order valence-electron chi connectivity index (χ4n) is 4.26. The normalized spacial score (nSPS) is 12.3. The van der Waals surface area contributed by atoms with Gasteiger partial charge in [0.25, 0.3) is 0 Å². The maximum atomic E-state index is 11.0. The molecule has 0 radical (unpaired) electrons. The van der Waals surface area contributed by atoms with E-state index in [1.807, 2.05) is 19.9 Å². The van der Waals surface area contributed by atoms with Crippen molar-refractivity contribution in [2.45, 2.75) is 91.9 Å². The van der Waals surface area contributed by atoms with Crippen LogP contribution in [-0.4, -0.2) is 10.2 Å². The van der Waals surface area contributed by atoms with E-state index in [1.165, 1.54) is 23.1 Å². The molecule has 2 heteroatoms. The van der Waals surface area contributed by atoms with Crippen LogP contribution in [0.25, 0.3) is 0 Å². The standard InChI is InChI=1S/C26H38O2/c1-6-9-12-20-16-18(4)26(28)23(17-20)22(11-8-3)25-19(5)24(27)15-14-21(25)13-10-7-2/h14-17,22,27-28H,6-13H2,1-5H3. The van der Waals surface area contributed by atoms with Crippen LogP contribution in [0.15, 0.2) is 24.3 Å². The number of hydrogen-bond acceptors (Lipinski definition) is 2. The van der Waals surface area contributed by atoms with Crippen LogP contribution in [0.5, 0.6) is 11.5 Å². The zero-order valence-electron chi connectivity index (χ0n) is 18.4. The van der Waals surface area contributed by atoms with Crippen molar-refractivity contribution < 1.29 is 10.2 Å². The number of hydrogen-bond donors (Lipinski definition) is 2. The molecule has 0 fully saturated rings. The smallest absolute Gasteiger partial charge is 0.122 e. The van der Waals surface area contributed by atoms with Crippen molar-refractivity contribution in [1.82, 2.24) is 0 Å². The van der Waals surface area contributed by atoms with Crippen molar-refractivity contribution >= 4 is 0 Å². The van der Waals surface area contributed by atoms with Crippen LogP contribution in [0.3, 0.4) is 0 Å². The molecule has 0 saturated carbocycles. The van der Waals surface area contributed by atoms with E-state index in [1.54, 1.807) is 0 Å². The molecule has 0 spiro atoms. The molecule has 2 N–H and O–H groups in total. The van der Waals surface area contributed by atoms with Crippen LogP contribution in [0.1, 0.15) is 98.6 Å². The van der Waals surface area contributed by atoms with E-state index in [0.29, 0.717) is 11.5 Å². The summed E-state index contributed by atoms with van der Waals surface area (Å²) in [7, 11) is 0. The second-order valence-corrected chi connectivity index (χ2v) is 8.18. The lowest BCUT2D eigenvalue weighted by Crippen LogP contribution is -2.09. The van der Waals surface area contributed by atoms with Crippen molar-refractivity contribution in [1.29, 1.82) is 0 Å². The summed E-state index contributed by atoms with van der Waals surface area (Å²) in [6, 6.07) is 8.26. The summed E-state index contributed by atoms with van der Waals surface area (Å²) < 4.78 is 0. The molecule has 2 nitrogen and oxygen atoms in total. The molecule has 1 unspecified atom stereocenters. The van der Waals surface area contributed by atoms with Gasteiger partial charge in [0.15, 0.2) is 0 Å². The Morgan fingerprint density at radius 3 is 2.18 bits per heavy atom. The van der Waals surface area contributed by atoms with Crippen LogP contribution in [0, 0.1) is 13.8 Å². The Kier molecular flexibility index (Phi) is 8.41. The lowest BCUT2D eigenvalue weighted by Gasteiger charge is -2.26. The predicted octanol–water partition coefficient (Wildman–Crippen LogP) is 7.33. The van der Waals surface area contributed by atoms with E-state index in [2.05, 4.69) is 39.0 Å². The van der Waals surface area contributed by atoms with Crippen LogP contribution in [0.4, 0.5) is 0 Å². The van der Waals surface area contributed by atoms with Crippen molar-refractivity contribution in [2.24, 2.45) is 0 Å². The third kappa shape index (κ3) is 5.10. The maximum Gasteiger partial charge on any atom is 0.122 e. The van der Waals surface area contributed by atoms with Gasteiger partial charge in [0.05, 0.1) is 0 Å². The first-order valence-corrected chi connectivity index (χ1v) is 11.1. The highest BCUT2D eigenvalue weighted by molar-refractivity contribution is 5.54. The van der Waals surface area contributed by atoms with Crippen molar-refractivity contribution in [3.63, 3.8) is 0 Å². The van der Waals surface area contributed by atoms with Gasteiger partial charge in [-0.05, 0) is 79.8 Å². The molecule has 0 aliphatic rings. The Bertz CT molecular complexity index is 776. The first kappa shape index (κ1) is 22.3. The van der Waals surface area contributed by atoms with Crippen LogP contribution < -0.4 is 0 Å². The van der Waals surface area contributed by atoms with Gasteiger partial charge in [-0.1, -0.05) is 58.2 Å². The largest absolute Gasteiger partial charge is 0.508 e. The highest BCUT2D eigenvalue weighted by atomic mass is 16.3. The molecule has 0 saturated heterocycles. The van der Waals surface area contributed by atoms with E-state index < -0.39 is 0 Å². The number of aryl methyl sites for hydroxylation is 3. The topological polar surface area (TPSA) is 40.5 Å². The second kappa shape index (κ2) is 10.5. The van der Waals surface area contributed by atoms with Gasteiger partial charge in [0.2, 0.25) is 0 Å². The van der Waals surface area contributed by atoms with Gasteiger partial charge in [-0.25, -0.2) is 0 Å². The van der Waals surface area contributed by atoms with Crippen molar-refractivity contribution in [3.05, 3.63) is 57.6 Å². The number of rotatable bonds is 10. The molecular formula is C26H38O2. The molecule has 2 aromatic rings. The highest BCUT2D eigenvalue weighted by Crippen LogP contribution is 2.42. The second-order valence-electron chi connectivity index (χ2n) is 8.18. The third-order valence-corrected chi connectivity index (χ3v) is 5.89. The summed E-state index contributed by atoms with van der Waals surface area (Å²) in [6.45, 7) is 10.6. The van der Waals surface area contributed by atoms with Crippen molar-refractivity contribution in [3.8, 4) is 11.5 Å². The average molecular weight is 383 g/mol. The van der Waals surface area contributed by atoms with Gasteiger partial charge in [-0.15, -0.1) is 0 Å². The molecule has 154 valence electrons. The molecule has 0 bridgehead atoms. The lowest BCUT2D eigenvalue weighted by molar-refractivity contribution is 0.455. The number of phenolic OH excluding ortho intramolecular Hbond substituents is 2. The van der Waals surface area contributed by atoms with Gasteiger partial charge in [-0.2, -0.15) is 0 Å². The van der Waals surface area contributed by atoms with Crippen LogP contribution in [0.2, 0.25) is 0 Å². The Balaban J connectivity index is 2.63. The summed E-state index contributed by atoms with van der Waals surface area (Å²) in [4.78, 5) is 0. The fourth-order valence-corrected chi connectivity index (χ4v) is 4.26. The van der Waals surface area contributed by atoms with E-state index in [0.717, 1.165) is 61.6 Å². The molecule has 1 atom stereocenters. The Hall–Kier alpha value is -1.96. The minimum absolute atomic E-state index is 0.115. The zero-order chi connectivity index (χ0) is 20.7. The van der Waals surface area contributed by atoms with Gasteiger partial charge >= 0.3 is 0 Å². The molecule has 2 aromatic carbocycles.